The largest absolute Gasteiger partial charge is 0.379 e. The third kappa shape index (κ3) is 9.33. The predicted octanol–water partition coefficient (Wildman–Crippen LogP) is 3.03. The molecule has 1 atom stereocenters. The fourth-order valence-electron chi connectivity index (χ4n) is 3.77. The fraction of sp³-hybridized carbons (Fsp3) is 0.810. The summed E-state index contributed by atoms with van der Waals surface area (Å²) in [6, 6.07) is 0. The van der Waals surface area contributed by atoms with Crippen LogP contribution in [0, 0.1) is 12.8 Å². The van der Waals surface area contributed by atoms with Gasteiger partial charge in [-0.25, -0.2) is 4.98 Å². The smallest absolute Gasteiger partial charge is 0.191 e. The van der Waals surface area contributed by atoms with Gasteiger partial charge in [-0.2, -0.15) is 0 Å². The summed E-state index contributed by atoms with van der Waals surface area (Å²) in [6.45, 7) is 12.5. The lowest BCUT2D eigenvalue weighted by molar-refractivity contribution is 0.0420. The maximum Gasteiger partial charge on any atom is 0.191 e. The zero-order chi connectivity index (χ0) is 20.3. The first kappa shape index (κ1) is 25.8. The number of aromatic nitrogens is 1. The maximum absolute atomic E-state index is 5.82. The minimum Gasteiger partial charge on any atom is -0.379 e. The number of rotatable bonds is 10. The molecule has 3 rings (SSSR count). The Morgan fingerprint density at radius 3 is 2.83 bits per heavy atom. The van der Waals surface area contributed by atoms with E-state index in [9.17, 15) is 0 Å². The normalized spacial score (nSPS) is 20.9. The first-order valence-corrected chi connectivity index (χ1v) is 12.0. The quantitative estimate of drug-likeness (QED) is 0.202. The Labute approximate surface area is 202 Å². The second-order valence-electron chi connectivity index (χ2n) is 7.93. The predicted molar refractivity (Wildman–Crippen MR) is 134 cm³/mol. The van der Waals surface area contributed by atoms with E-state index >= 15 is 0 Å². The summed E-state index contributed by atoms with van der Waals surface area (Å²) in [5.41, 5.74) is 1.21. The molecule has 0 bridgehead atoms. The van der Waals surface area contributed by atoms with Crippen molar-refractivity contribution in [2.75, 3.05) is 52.5 Å². The lowest BCUT2D eigenvalue weighted by Crippen LogP contribution is -2.39. The third-order valence-electron chi connectivity index (χ3n) is 5.47. The Morgan fingerprint density at radius 1 is 1.33 bits per heavy atom. The van der Waals surface area contributed by atoms with Gasteiger partial charge in [-0.15, -0.1) is 35.3 Å². The number of aliphatic imine (C=N–C) groups is 1. The van der Waals surface area contributed by atoms with Crippen molar-refractivity contribution in [2.45, 2.75) is 52.2 Å². The van der Waals surface area contributed by atoms with Crippen LogP contribution in [0.15, 0.2) is 10.4 Å². The van der Waals surface area contributed by atoms with Crippen LogP contribution in [0.1, 0.15) is 43.3 Å². The third-order valence-corrected chi connectivity index (χ3v) is 6.29. The molecule has 2 saturated heterocycles. The molecule has 2 N–H and O–H groups in total. The van der Waals surface area contributed by atoms with Crippen molar-refractivity contribution < 1.29 is 9.47 Å². The highest BCUT2D eigenvalue weighted by atomic mass is 127. The van der Waals surface area contributed by atoms with Crippen molar-refractivity contribution in [1.29, 1.82) is 0 Å². The van der Waals surface area contributed by atoms with Crippen molar-refractivity contribution in [2.24, 2.45) is 10.9 Å². The number of nitrogens with zero attached hydrogens (tertiary/aromatic N) is 3. The van der Waals surface area contributed by atoms with Gasteiger partial charge in [0.1, 0.15) is 0 Å². The number of hydrogen-bond acceptors (Lipinski definition) is 6. The second-order valence-corrected chi connectivity index (χ2v) is 9.00. The molecule has 1 aromatic rings. The Bertz CT molecular complexity index is 616. The van der Waals surface area contributed by atoms with Crippen LogP contribution in [0.25, 0.3) is 0 Å². The molecule has 1 unspecified atom stereocenters. The van der Waals surface area contributed by atoms with Crippen LogP contribution in [-0.2, 0) is 16.0 Å². The van der Waals surface area contributed by atoms with Crippen LogP contribution < -0.4 is 10.6 Å². The average Bonchev–Trinajstić information content (AvgIpc) is 3.38. The van der Waals surface area contributed by atoms with E-state index in [1.54, 1.807) is 11.3 Å². The summed E-state index contributed by atoms with van der Waals surface area (Å²) in [4.78, 5) is 11.9. The van der Waals surface area contributed by atoms with Gasteiger partial charge in [0, 0.05) is 44.8 Å². The topological polar surface area (TPSA) is 71.0 Å². The van der Waals surface area contributed by atoms with Crippen molar-refractivity contribution in [3.63, 3.8) is 0 Å². The highest BCUT2D eigenvalue weighted by molar-refractivity contribution is 14.0. The van der Waals surface area contributed by atoms with Crippen LogP contribution in [0.2, 0.25) is 0 Å². The zero-order valence-electron chi connectivity index (χ0n) is 18.4. The van der Waals surface area contributed by atoms with E-state index in [0.717, 1.165) is 82.9 Å². The van der Waals surface area contributed by atoms with Gasteiger partial charge >= 0.3 is 0 Å². The Kier molecular flexibility index (Phi) is 12.5. The van der Waals surface area contributed by atoms with E-state index in [1.165, 1.54) is 18.5 Å². The second kappa shape index (κ2) is 14.5. The molecule has 7 nitrogen and oxygen atoms in total. The summed E-state index contributed by atoms with van der Waals surface area (Å²) >= 11 is 1.74. The monoisotopic (exact) mass is 551 g/mol. The van der Waals surface area contributed by atoms with Gasteiger partial charge in [0.25, 0.3) is 0 Å². The molecule has 0 aliphatic carbocycles. The van der Waals surface area contributed by atoms with Gasteiger partial charge in [-0.1, -0.05) is 0 Å². The van der Waals surface area contributed by atoms with Gasteiger partial charge in [0.15, 0.2) is 5.96 Å². The molecule has 0 radical (unpaired) electrons. The fourth-order valence-corrected chi connectivity index (χ4v) is 4.38. The number of halogens is 1. The molecule has 2 aliphatic rings. The SMILES string of the molecule is CCNC(=NCC1CCN(Cc2csc(C)n2)CC1)NCCCOC1CCOC1.I. The van der Waals surface area contributed by atoms with E-state index < -0.39 is 0 Å². The molecule has 9 heteroatoms. The van der Waals surface area contributed by atoms with Crippen LogP contribution in [0.4, 0.5) is 0 Å². The van der Waals surface area contributed by atoms with Gasteiger partial charge in [0.05, 0.1) is 23.4 Å². The number of piperidine rings is 1. The van der Waals surface area contributed by atoms with Crippen molar-refractivity contribution in [3.8, 4) is 0 Å². The van der Waals surface area contributed by atoms with Gasteiger partial charge in [-0.3, -0.25) is 9.89 Å². The average molecular weight is 552 g/mol. The molecule has 1 aromatic heterocycles. The molecule has 3 heterocycles. The molecular weight excluding hydrogens is 513 g/mol. The van der Waals surface area contributed by atoms with Crippen LogP contribution in [-0.4, -0.2) is 74.5 Å². The number of aryl methyl sites for hydroxylation is 1. The summed E-state index contributed by atoms with van der Waals surface area (Å²) in [5, 5.41) is 10.1. The number of thiazole rings is 1. The molecule has 0 spiro atoms. The van der Waals surface area contributed by atoms with E-state index in [-0.39, 0.29) is 24.0 Å². The molecule has 2 aliphatic heterocycles. The molecule has 172 valence electrons. The Morgan fingerprint density at radius 2 is 2.17 bits per heavy atom. The van der Waals surface area contributed by atoms with Crippen molar-refractivity contribution in [1.82, 2.24) is 20.5 Å². The highest BCUT2D eigenvalue weighted by Gasteiger charge is 2.20. The number of hydrogen-bond donors (Lipinski definition) is 2. The van der Waals surface area contributed by atoms with Crippen LogP contribution >= 0.6 is 35.3 Å². The number of nitrogens with one attached hydrogen (secondary N) is 2. The van der Waals surface area contributed by atoms with Crippen LogP contribution in [0.3, 0.4) is 0 Å². The Balaban J connectivity index is 0.00000320. The molecule has 30 heavy (non-hydrogen) atoms. The lowest BCUT2D eigenvalue weighted by Gasteiger charge is -2.30. The summed E-state index contributed by atoms with van der Waals surface area (Å²) in [7, 11) is 0. The minimum absolute atomic E-state index is 0. The van der Waals surface area contributed by atoms with Gasteiger partial charge in [0.2, 0.25) is 0 Å². The molecular formula is C21H38IN5O2S. The van der Waals surface area contributed by atoms with E-state index in [0.29, 0.717) is 12.0 Å². The number of likely N-dealkylation sites (tertiary alicyclic amines) is 1. The summed E-state index contributed by atoms with van der Waals surface area (Å²) in [5.74, 6) is 1.60. The highest BCUT2D eigenvalue weighted by Crippen LogP contribution is 2.20. The van der Waals surface area contributed by atoms with E-state index in [4.69, 9.17) is 14.5 Å². The summed E-state index contributed by atoms with van der Waals surface area (Å²) in [6.07, 6.45) is 4.73. The van der Waals surface area contributed by atoms with Crippen LogP contribution in [0.5, 0.6) is 0 Å². The molecule has 0 aromatic carbocycles. The standard InChI is InChI=1S/C21H37N5O2S.HI/c1-3-22-21(23-8-4-11-28-20-7-12-27-15-20)24-13-18-5-9-26(10-6-18)14-19-16-29-17(2)25-19;/h16,18,20H,3-15H2,1-2H3,(H2,22,23,24);1H. The van der Waals surface area contributed by atoms with E-state index in [1.807, 2.05) is 0 Å². The molecule has 2 fully saturated rings. The first-order chi connectivity index (χ1) is 14.2. The van der Waals surface area contributed by atoms with Gasteiger partial charge in [-0.05, 0) is 58.5 Å². The molecule has 0 amide bonds. The number of guanidine groups is 1. The summed E-state index contributed by atoms with van der Waals surface area (Å²) < 4.78 is 11.2. The zero-order valence-corrected chi connectivity index (χ0v) is 21.5. The van der Waals surface area contributed by atoms with Crippen molar-refractivity contribution >= 4 is 41.3 Å². The molecule has 0 saturated carbocycles. The van der Waals surface area contributed by atoms with Gasteiger partial charge < -0.3 is 20.1 Å². The minimum atomic E-state index is 0. The van der Waals surface area contributed by atoms with Crippen molar-refractivity contribution in [3.05, 3.63) is 16.1 Å². The lowest BCUT2D eigenvalue weighted by atomic mass is 9.97. The number of ether oxygens (including phenoxy) is 2. The van der Waals surface area contributed by atoms with E-state index in [2.05, 4.69) is 39.7 Å². The first-order valence-electron chi connectivity index (χ1n) is 11.1. The maximum atomic E-state index is 5.82. The Hall–Kier alpha value is -0.490.